The number of nitrogens with one attached hydrogen (secondary N) is 1. The number of thioether (sulfide) groups is 1. The Morgan fingerprint density at radius 3 is 2.64 bits per heavy atom. The maximum Gasteiger partial charge on any atom is 0.387 e. The van der Waals surface area contributed by atoms with E-state index in [1.807, 2.05) is 32.0 Å². The number of alkyl halides is 2. The first-order valence-electron chi connectivity index (χ1n) is 8.30. The van der Waals surface area contributed by atoms with Gasteiger partial charge < -0.3 is 14.5 Å². The third-order valence-electron chi connectivity index (χ3n) is 3.94. The molecule has 0 aliphatic heterocycles. The van der Waals surface area contributed by atoms with Gasteiger partial charge in [-0.3, -0.25) is 4.79 Å². The number of rotatable bonds is 7. The summed E-state index contributed by atoms with van der Waals surface area (Å²) in [5, 5.41) is 10.9. The van der Waals surface area contributed by atoms with Crippen molar-refractivity contribution in [3.63, 3.8) is 0 Å². The lowest BCUT2D eigenvalue weighted by atomic mass is 10.1. The summed E-state index contributed by atoms with van der Waals surface area (Å²) in [4.78, 5) is 12.2. The van der Waals surface area contributed by atoms with Gasteiger partial charge in [0.05, 0.1) is 5.75 Å². The lowest BCUT2D eigenvalue weighted by Gasteiger charge is -2.09. The number of hydrogen-bond acceptors (Lipinski definition) is 6. The van der Waals surface area contributed by atoms with Crippen LogP contribution in [0.3, 0.4) is 0 Å². The van der Waals surface area contributed by atoms with Gasteiger partial charge >= 0.3 is 6.61 Å². The molecular formula is C19H17F2N3O3S. The topological polar surface area (TPSA) is 77.2 Å². The zero-order valence-corrected chi connectivity index (χ0v) is 15.9. The number of aryl methyl sites for hydroxylation is 1. The summed E-state index contributed by atoms with van der Waals surface area (Å²) in [6, 6.07) is 11.5. The van der Waals surface area contributed by atoms with E-state index in [1.54, 1.807) is 0 Å². The van der Waals surface area contributed by atoms with Gasteiger partial charge in [-0.1, -0.05) is 23.9 Å². The molecule has 0 saturated heterocycles. The van der Waals surface area contributed by atoms with Crippen molar-refractivity contribution in [3.8, 4) is 17.2 Å². The zero-order valence-electron chi connectivity index (χ0n) is 15.1. The molecule has 1 N–H and O–H groups in total. The summed E-state index contributed by atoms with van der Waals surface area (Å²) in [5.74, 6) is 0.180. The van der Waals surface area contributed by atoms with Crippen LogP contribution >= 0.6 is 11.8 Å². The fourth-order valence-corrected chi connectivity index (χ4v) is 2.93. The Hall–Kier alpha value is -2.94. The minimum Gasteiger partial charge on any atom is -0.435 e. The number of nitrogens with zero attached hydrogens (tertiary/aromatic N) is 2. The van der Waals surface area contributed by atoms with Crippen LogP contribution in [0.15, 0.2) is 52.1 Å². The fraction of sp³-hybridized carbons (Fsp3) is 0.211. The standard InChI is InChI=1S/C19H17F2N3O3S/c1-11-4-3-5-15(12(11)2)22-16(25)10-28-19-24-23-17(27-19)13-6-8-14(9-7-13)26-18(20)21/h3-9,18H,10H2,1-2H3,(H,22,25). The van der Waals surface area contributed by atoms with E-state index in [1.165, 1.54) is 24.3 Å². The van der Waals surface area contributed by atoms with E-state index >= 15 is 0 Å². The van der Waals surface area contributed by atoms with Gasteiger partial charge in [0.2, 0.25) is 11.8 Å². The van der Waals surface area contributed by atoms with Gasteiger partial charge in [-0.2, -0.15) is 8.78 Å². The predicted octanol–water partition coefficient (Wildman–Crippen LogP) is 4.69. The normalized spacial score (nSPS) is 10.9. The lowest BCUT2D eigenvalue weighted by molar-refractivity contribution is -0.113. The van der Waals surface area contributed by atoms with Gasteiger partial charge in [0.1, 0.15) is 5.75 Å². The number of halogens is 2. The molecule has 0 spiro atoms. The van der Waals surface area contributed by atoms with Crippen LogP contribution in [0.1, 0.15) is 11.1 Å². The minimum absolute atomic E-state index is 0.0379. The summed E-state index contributed by atoms with van der Waals surface area (Å²) in [6.07, 6.45) is 0. The number of ether oxygens (including phenoxy) is 1. The molecule has 2 aromatic carbocycles. The largest absolute Gasteiger partial charge is 0.435 e. The number of carbonyl (C=O) groups excluding carboxylic acids is 1. The molecule has 0 bridgehead atoms. The van der Waals surface area contributed by atoms with Gasteiger partial charge in [0, 0.05) is 11.3 Å². The highest BCUT2D eigenvalue weighted by Gasteiger charge is 2.13. The van der Waals surface area contributed by atoms with E-state index < -0.39 is 6.61 Å². The van der Waals surface area contributed by atoms with E-state index in [4.69, 9.17) is 4.42 Å². The van der Waals surface area contributed by atoms with E-state index in [0.717, 1.165) is 28.6 Å². The second-order valence-corrected chi connectivity index (χ2v) is 6.79. The van der Waals surface area contributed by atoms with Crippen LogP contribution in [0, 0.1) is 13.8 Å². The van der Waals surface area contributed by atoms with Crippen molar-refractivity contribution in [2.24, 2.45) is 0 Å². The second kappa shape index (κ2) is 8.83. The van der Waals surface area contributed by atoms with Crippen molar-refractivity contribution in [1.29, 1.82) is 0 Å². The Labute approximate surface area is 164 Å². The molecule has 0 atom stereocenters. The van der Waals surface area contributed by atoms with E-state index in [9.17, 15) is 13.6 Å². The Balaban J connectivity index is 1.57. The molecule has 1 amide bonds. The first kappa shape index (κ1) is 19.8. The van der Waals surface area contributed by atoms with Crippen molar-refractivity contribution in [2.75, 3.05) is 11.1 Å². The summed E-state index contributed by atoms with van der Waals surface area (Å²) < 4.78 is 34.2. The van der Waals surface area contributed by atoms with Gasteiger partial charge in [-0.15, -0.1) is 10.2 Å². The van der Waals surface area contributed by atoms with E-state index in [2.05, 4.69) is 20.3 Å². The van der Waals surface area contributed by atoms with Gasteiger partial charge in [-0.05, 0) is 55.3 Å². The third kappa shape index (κ3) is 5.07. The summed E-state index contributed by atoms with van der Waals surface area (Å²) in [5.41, 5.74) is 3.43. The zero-order chi connectivity index (χ0) is 20.1. The Morgan fingerprint density at radius 1 is 1.18 bits per heavy atom. The van der Waals surface area contributed by atoms with Crippen LogP contribution in [-0.2, 0) is 4.79 Å². The molecule has 3 rings (SSSR count). The summed E-state index contributed by atoms with van der Waals surface area (Å²) in [6.45, 7) is 1.04. The van der Waals surface area contributed by atoms with E-state index in [0.29, 0.717) is 5.56 Å². The molecule has 1 aromatic heterocycles. The molecule has 0 radical (unpaired) electrons. The first-order valence-corrected chi connectivity index (χ1v) is 9.28. The molecule has 0 unspecified atom stereocenters. The summed E-state index contributed by atoms with van der Waals surface area (Å²) in [7, 11) is 0. The molecule has 0 saturated carbocycles. The number of benzene rings is 2. The molecule has 0 aliphatic rings. The van der Waals surface area contributed by atoms with Crippen LogP contribution < -0.4 is 10.1 Å². The minimum atomic E-state index is -2.88. The molecule has 146 valence electrons. The monoisotopic (exact) mass is 405 g/mol. The molecule has 3 aromatic rings. The SMILES string of the molecule is Cc1cccc(NC(=O)CSc2nnc(-c3ccc(OC(F)F)cc3)o2)c1C. The molecular weight excluding hydrogens is 388 g/mol. The Morgan fingerprint density at radius 2 is 1.93 bits per heavy atom. The molecule has 6 nitrogen and oxygen atoms in total. The highest BCUT2D eigenvalue weighted by molar-refractivity contribution is 7.99. The van der Waals surface area contributed by atoms with Gasteiger partial charge in [-0.25, -0.2) is 0 Å². The average Bonchev–Trinajstić information content (AvgIpc) is 3.13. The van der Waals surface area contributed by atoms with Crippen LogP contribution in [0.4, 0.5) is 14.5 Å². The average molecular weight is 405 g/mol. The highest BCUT2D eigenvalue weighted by Crippen LogP contribution is 2.26. The Bertz CT molecular complexity index is 961. The maximum absolute atomic E-state index is 12.2. The quantitative estimate of drug-likeness (QED) is 0.575. The van der Waals surface area contributed by atoms with Crippen molar-refractivity contribution in [3.05, 3.63) is 53.6 Å². The van der Waals surface area contributed by atoms with Crippen LogP contribution in [0.2, 0.25) is 0 Å². The molecule has 1 heterocycles. The summed E-state index contributed by atoms with van der Waals surface area (Å²) >= 11 is 1.11. The molecule has 0 aliphatic carbocycles. The van der Waals surface area contributed by atoms with Gasteiger partial charge in [0.25, 0.3) is 5.22 Å². The highest BCUT2D eigenvalue weighted by atomic mass is 32.2. The van der Waals surface area contributed by atoms with Crippen molar-refractivity contribution in [1.82, 2.24) is 10.2 Å². The van der Waals surface area contributed by atoms with Crippen LogP contribution in [0.25, 0.3) is 11.5 Å². The molecule has 9 heteroatoms. The number of amides is 1. The smallest absolute Gasteiger partial charge is 0.387 e. The fourth-order valence-electron chi connectivity index (χ4n) is 2.36. The van der Waals surface area contributed by atoms with Crippen molar-refractivity contribution < 1.29 is 22.7 Å². The van der Waals surface area contributed by atoms with Crippen LogP contribution in [-0.4, -0.2) is 28.5 Å². The predicted molar refractivity (Wildman–Crippen MR) is 102 cm³/mol. The van der Waals surface area contributed by atoms with Crippen LogP contribution in [0.5, 0.6) is 5.75 Å². The number of carbonyl (C=O) groups is 1. The third-order valence-corrected chi connectivity index (χ3v) is 4.76. The molecule has 0 fully saturated rings. The number of anilines is 1. The Kier molecular flexibility index (Phi) is 6.25. The van der Waals surface area contributed by atoms with Gasteiger partial charge in [0.15, 0.2) is 0 Å². The van der Waals surface area contributed by atoms with Crippen molar-refractivity contribution in [2.45, 2.75) is 25.7 Å². The number of hydrogen-bond donors (Lipinski definition) is 1. The maximum atomic E-state index is 12.2. The first-order chi connectivity index (χ1) is 13.4. The number of aromatic nitrogens is 2. The van der Waals surface area contributed by atoms with Crippen molar-refractivity contribution >= 4 is 23.4 Å². The second-order valence-electron chi connectivity index (χ2n) is 5.86. The molecule has 28 heavy (non-hydrogen) atoms. The lowest BCUT2D eigenvalue weighted by Crippen LogP contribution is -2.15. The van der Waals surface area contributed by atoms with E-state index in [-0.39, 0.29) is 28.5 Å².